The first-order chi connectivity index (χ1) is 7.11. The standard InChI is InChI=1S/C9H8IN3O2/c1-5-3-6-7(4-8(5)15-2)13(14)12-9(10)11-6/h3-4H,1-2H3. The van der Waals surface area contributed by atoms with Crippen molar-refractivity contribution in [3.8, 4) is 5.75 Å². The average Bonchev–Trinajstić information content (AvgIpc) is 2.16. The molecule has 0 atom stereocenters. The number of methoxy groups -OCH3 is 1. The molecule has 1 heterocycles. The SMILES string of the molecule is COc1cc2c(cc1C)nc(I)n[n+]2[O-]. The topological polar surface area (TPSA) is 62.0 Å². The molecular weight excluding hydrogens is 309 g/mol. The van der Waals surface area contributed by atoms with Crippen molar-refractivity contribution in [1.29, 1.82) is 0 Å². The Morgan fingerprint density at radius 2 is 2.20 bits per heavy atom. The lowest BCUT2D eigenvalue weighted by Gasteiger charge is -2.05. The average molecular weight is 317 g/mol. The fourth-order valence-electron chi connectivity index (χ4n) is 1.38. The number of benzene rings is 1. The maximum Gasteiger partial charge on any atom is 0.274 e. The number of aryl methyl sites for hydroxylation is 1. The van der Waals surface area contributed by atoms with Crippen molar-refractivity contribution in [2.45, 2.75) is 6.92 Å². The van der Waals surface area contributed by atoms with Crippen molar-refractivity contribution in [3.05, 3.63) is 26.7 Å². The van der Waals surface area contributed by atoms with Crippen molar-refractivity contribution in [3.63, 3.8) is 0 Å². The van der Waals surface area contributed by atoms with E-state index in [4.69, 9.17) is 4.74 Å². The molecule has 0 unspecified atom stereocenters. The first kappa shape index (κ1) is 10.3. The van der Waals surface area contributed by atoms with Crippen LogP contribution in [0.1, 0.15) is 5.56 Å². The maximum atomic E-state index is 11.5. The van der Waals surface area contributed by atoms with Crippen LogP contribution in [0.4, 0.5) is 0 Å². The van der Waals surface area contributed by atoms with Crippen LogP contribution in [-0.2, 0) is 0 Å². The van der Waals surface area contributed by atoms with Gasteiger partial charge in [-0.1, -0.05) is 0 Å². The molecule has 0 aliphatic carbocycles. The van der Waals surface area contributed by atoms with Gasteiger partial charge in [0, 0.05) is 27.7 Å². The predicted molar refractivity (Wildman–Crippen MR) is 62.5 cm³/mol. The largest absolute Gasteiger partial charge is 0.594 e. The van der Waals surface area contributed by atoms with E-state index in [1.165, 1.54) is 0 Å². The zero-order valence-corrected chi connectivity index (χ0v) is 10.3. The fraction of sp³-hybridized carbons (Fsp3) is 0.222. The van der Waals surface area contributed by atoms with Crippen LogP contribution in [0, 0.1) is 16.0 Å². The third-order valence-electron chi connectivity index (χ3n) is 2.08. The zero-order valence-electron chi connectivity index (χ0n) is 8.19. The highest BCUT2D eigenvalue weighted by atomic mass is 127. The number of fused-ring (bicyclic) bond motifs is 1. The van der Waals surface area contributed by atoms with Gasteiger partial charge in [0.25, 0.3) is 9.35 Å². The summed E-state index contributed by atoms with van der Waals surface area (Å²) in [6, 6.07) is 3.46. The van der Waals surface area contributed by atoms with E-state index in [1.807, 2.05) is 35.6 Å². The van der Waals surface area contributed by atoms with Crippen molar-refractivity contribution in [1.82, 2.24) is 10.1 Å². The van der Waals surface area contributed by atoms with Gasteiger partial charge in [0.05, 0.1) is 13.2 Å². The summed E-state index contributed by atoms with van der Waals surface area (Å²) in [6.45, 7) is 1.91. The van der Waals surface area contributed by atoms with Gasteiger partial charge in [0.2, 0.25) is 0 Å². The Hall–Kier alpha value is -1.18. The van der Waals surface area contributed by atoms with Crippen LogP contribution in [0.5, 0.6) is 5.75 Å². The molecule has 0 spiro atoms. The summed E-state index contributed by atoms with van der Waals surface area (Å²) in [6.07, 6.45) is 0. The van der Waals surface area contributed by atoms with E-state index in [2.05, 4.69) is 10.1 Å². The van der Waals surface area contributed by atoms with E-state index in [9.17, 15) is 5.21 Å². The quantitative estimate of drug-likeness (QED) is 0.450. The van der Waals surface area contributed by atoms with Crippen LogP contribution in [-0.4, -0.2) is 17.2 Å². The molecule has 0 bridgehead atoms. The van der Waals surface area contributed by atoms with Gasteiger partial charge in [-0.05, 0) is 23.4 Å². The molecule has 78 valence electrons. The number of rotatable bonds is 1. The summed E-state index contributed by atoms with van der Waals surface area (Å²) in [5.41, 5.74) is 1.99. The minimum atomic E-state index is 0.415. The third kappa shape index (κ3) is 1.81. The van der Waals surface area contributed by atoms with Crippen LogP contribution in [0.15, 0.2) is 12.1 Å². The van der Waals surface area contributed by atoms with Crippen LogP contribution >= 0.6 is 22.6 Å². The number of ether oxygens (including phenoxy) is 1. The zero-order chi connectivity index (χ0) is 11.0. The van der Waals surface area contributed by atoms with Crippen LogP contribution in [0.2, 0.25) is 0 Å². The lowest BCUT2D eigenvalue weighted by Crippen LogP contribution is -2.33. The molecular formula is C9H8IN3O2. The Bertz CT molecular complexity index is 530. The molecule has 2 rings (SSSR count). The molecule has 5 nitrogen and oxygen atoms in total. The van der Waals surface area contributed by atoms with E-state index in [0.29, 0.717) is 25.5 Å². The molecule has 0 saturated heterocycles. The molecule has 2 aromatic rings. The van der Waals surface area contributed by atoms with Gasteiger partial charge in [-0.3, -0.25) is 0 Å². The number of hydrogen-bond acceptors (Lipinski definition) is 4. The smallest absolute Gasteiger partial charge is 0.274 e. The predicted octanol–water partition coefficient (Wildman–Crippen LogP) is 1.18. The van der Waals surface area contributed by atoms with Gasteiger partial charge in [0.1, 0.15) is 11.3 Å². The minimum absolute atomic E-state index is 0.415. The Morgan fingerprint density at radius 1 is 1.47 bits per heavy atom. The number of nitrogens with zero attached hydrogens (tertiary/aromatic N) is 3. The molecule has 0 N–H and O–H groups in total. The summed E-state index contributed by atoms with van der Waals surface area (Å²) in [5.74, 6) is 0.664. The molecule has 0 aliphatic rings. The number of halogens is 1. The van der Waals surface area contributed by atoms with Crippen LogP contribution in [0.25, 0.3) is 11.0 Å². The molecule has 0 radical (unpaired) electrons. The Morgan fingerprint density at radius 3 is 2.87 bits per heavy atom. The number of aromatic nitrogens is 3. The maximum absolute atomic E-state index is 11.5. The van der Waals surface area contributed by atoms with Crippen LogP contribution < -0.4 is 9.58 Å². The molecule has 0 amide bonds. The molecule has 6 heteroatoms. The van der Waals surface area contributed by atoms with E-state index in [1.54, 1.807) is 13.2 Å². The summed E-state index contributed by atoms with van der Waals surface area (Å²) < 4.78 is 5.56. The highest BCUT2D eigenvalue weighted by Gasteiger charge is 2.12. The van der Waals surface area contributed by atoms with Crippen molar-refractivity contribution >= 4 is 33.6 Å². The molecule has 0 fully saturated rings. The molecule has 0 saturated carbocycles. The third-order valence-corrected chi connectivity index (χ3v) is 2.54. The van der Waals surface area contributed by atoms with Crippen molar-refractivity contribution < 1.29 is 9.58 Å². The van der Waals surface area contributed by atoms with Crippen molar-refractivity contribution in [2.75, 3.05) is 7.11 Å². The normalized spacial score (nSPS) is 10.6. The van der Waals surface area contributed by atoms with Gasteiger partial charge in [0.15, 0.2) is 0 Å². The summed E-state index contributed by atoms with van der Waals surface area (Å²) in [5, 5.41) is 15.2. The fourth-order valence-corrected chi connectivity index (χ4v) is 1.83. The second-order valence-corrected chi connectivity index (χ2v) is 4.03. The Labute approximate surface area is 99.8 Å². The first-order valence-electron chi connectivity index (χ1n) is 4.23. The molecule has 1 aromatic heterocycles. The number of hydrogen-bond donors (Lipinski definition) is 0. The summed E-state index contributed by atoms with van der Waals surface area (Å²) >= 11 is 1.91. The molecule has 0 aliphatic heterocycles. The van der Waals surface area contributed by atoms with Gasteiger partial charge < -0.3 is 9.94 Å². The lowest BCUT2D eigenvalue weighted by molar-refractivity contribution is -0.644. The monoisotopic (exact) mass is 317 g/mol. The molecule has 15 heavy (non-hydrogen) atoms. The van der Waals surface area contributed by atoms with E-state index >= 15 is 0 Å². The highest BCUT2D eigenvalue weighted by molar-refractivity contribution is 14.1. The molecule has 1 aromatic carbocycles. The van der Waals surface area contributed by atoms with Gasteiger partial charge >= 0.3 is 0 Å². The highest BCUT2D eigenvalue weighted by Crippen LogP contribution is 2.21. The van der Waals surface area contributed by atoms with Gasteiger partial charge in [-0.25, -0.2) is 4.98 Å². The summed E-state index contributed by atoms with van der Waals surface area (Å²) in [7, 11) is 1.57. The second kappa shape index (κ2) is 3.76. The Kier molecular flexibility index (Phi) is 2.59. The van der Waals surface area contributed by atoms with Gasteiger partial charge in [-0.2, -0.15) is 0 Å². The lowest BCUT2D eigenvalue weighted by atomic mass is 10.2. The van der Waals surface area contributed by atoms with E-state index < -0.39 is 0 Å². The van der Waals surface area contributed by atoms with Gasteiger partial charge in [-0.15, -0.1) is 0 Å². The van der Waals surface area contributed by atoms with E-state index in [0.717, 1.165) is 5.56 Å². The van der Waals surface area contributed by atoms with Crippen molar-refractivity contribution in [2.24, 2.45) is 0 Å². The van der Waals surface area contributed by atoms with E-state index in [-0.39, 0.29) is 0 Å². The Balaban J connectivity index is 2.81. The van der Waals surface area contributed by atoms with Crippen LogP contribution in [0.3, 0.4) is 0 Å². The first-order valence-corrected chi connectivity index (χ1v) is 5.31. The second-order valence-electron chi connectivity index (χ2n) is 3.06. The minimum Gasteiger partial charge on any atom is -0.594 e. The summed E-state index contributed by atoms with van der Waals surface area (Å²) in [4.78, 5) is 4.73.